The molecule has 1 aromatic carbocycles. The van der Waals surface area contributed by atoms with Gasteiger partial charge in [-0.15, -0.1) is 11.8 Å². The van der Waals surface area contributed by atoms with Crippen molar-refractivity contribution in [2.45, 2.75) is 224 Å². The molecule has 8 rings (SSSR count). The van der Waals surface area contributed by atoms with Crippen molar-refractivity contribution >= 4 is 123 Å². The Kier molecular flexibility index (Phi) is 35.7. The Morgan fingerprint density at radius 2 is 1.29 bits per heavy atom. The molecule has 6 unspecified atom stereocenters. The van der Waals surface area contributed by atoms with Crippen LogP contribution in [0, 0.1) is 52.8 Å². The third-order valence-corrected chi connectivity index (χ3v) is 25.3. The maximum Gasteiger partial charge on any atom is 0.245 e. The number of thioether (sulfide) groups is 2. The van der Waals surface area contributed by atoms with Crippen molar-refractivity contribution in [2.24, 2.45) is 64.2 Å². The van der Waals surface area contributed by atoms with Crippen LogP contribution in [0.5, 0.6) is 0 Å². The van der Waals surface area contributed by atoms with Crippen LogP contribution < -0.4 is 80.6 Å². The Labute approximate surface area is 701 Å². The monoisotopic (exact) mass is 1700 g/mol. The number of imidazole rings is 1. The second-order valence-electron chi connectivity index (χ2n) is 33.5. The number of carbonyl (C=O) groups is 15. The minimum atomic E-state index is -1.41. The fourth-order valence-corrected chi connectivity index (χ4v) is 19.2. The number of carbonyl (C=O) groups excluding carboxylic acids is 15. The van der Waals surface area contributed by atoms with E-state index in [0.29, 0.717) is 42.7 Å². The van der Waals surface area contributed by atoms with E-state index in [1.165, 1.54) is 38.1 Å². The largest absolute Gasteiger partial charge is 0.394 e. The minimum absolute atomic E-state index is 0.00432. The molecule has 1 aliphatic heterocycles. The van der Waals surface area contributed by atoms with Crippen LogP contribution in [0.15, 0.2) is 43.0 Å². The van der Waals surface area contributed by atoms with Crippen molar-refractivity contribution in [3.63, 3.8) is 0 Å². The number of aliphatic hydroxyl groups is 2. The number of aromatic amines is 2. The van der Waals surface area contributed by atoms with E-state index in [2.05, 4.69) is 91.0 Å². The second kappa shape index (κ2) is 44.7. The number of amides is 15. The van der Waals surface area contributed by atoms with Crippen molar-refractivity contribution in [3.05, 3.63) is 54.2 Å². The molecule has 4 aliphatic carbocycles. The van der Waals surface area contributed by atoms with Gasteiger partial charge in [0.15, 0.2) is 0 Å². The van der Waals surface area contributed by atoms with Crippen LogP contribution in [0.4, 0.5) is 0 Å². The van der Waals surface area contributed by atoms with Gasteiger partial charge < -0.3 is 110 Å². The number of ether oxygens (including phenoxy) is 1. The van der Waals surface area contributed by atoms with E-state index in [1.807, 2.05) is 38.3 Å². The highest BCUT2D eigenvalue weighted by Gasteiger charge is 2.68. The Hall–Kier alpha value is -9.44. The molecule has 5 fully saturated rings. The smallest absolute Gasteiger partial charge is 0.245 e. The van der Waals surface area contributed by atoms with Gasteiger partial charge in [-0.05, 0) is 163 Å². The molecule has 658 valence electrons. The summed E-state index contributed by atoms with van der Waals surface area (Å²) >= 11 is 2.60. The predicted molar refractivity (Wildman–Crippen MR) is 442 cm³/mol. The molecular formula is C80H123N19O18S2. The van der Waals surface area contributed by atoms with Gasteiger partial charge in [-0.1, -0.05) is 52.8 Å². The number of fused-ring (bicyclic) bond motifs is 5. The number of nitrogens with one attached hydrogen (secondary N) is 15. The molecule has 20 atom stereocenters. The van der Waals surface area contributed by atoms with Gasteiger partial charge in [-0.3, -0.25) is 71.9 Å². The number of para-hydroxylation sites is 1. The lowest BCUT2D eigenvalue weighted by molar-refractivity contribution is -0.156. The standard InChI is InChI=1S/C80H123N19O18S2/c1-40(2)25-56(76(113)94-54(71(82)108)23-24-118-10)95-77(114)58(29-47-32-83-38-87-47)92-67(106)34-86-79(116)70(41(3)4)98-72(109)42(5)89-75(112)57(27-45-31-84-53-14-12-11-13-49(45)53)96-74(111)55(19-21-64(81)103)91-65(104)22-20-62-51-17-18-52-69-50(30-63(117-62)80(51,52)7)48-16-15-46(26-44(48)28-61(69)102)90-66(105)33-85-73(110)60(37-119-39-88-43(6)101)97-78(115)59(36-100)93-68(107)35-99(8)9/h11-14,31-32,38,40-42,44,46,48,50-52,54-63,69-70,84,100,102H,15-30,33-37,39H2,1-10H3,(H2,81,103)(H2,82,108)(H,83,87)(H,85,110)(H,86,116)(H,88,101)(H,89,112)(H,90,105)(H,91,104)(H,92,106)(H,93,107)(H,94,113)(H,95,114)(H,96,111)(H,97,115)(H,98,109)/t42-,44?,46-,48?,50?,51+,52?,54-,55-,56-,57-,58-,59-,60-,61+,62?,63-,69?,70-,80+/m0/s1. The Balaban J connectivity index is 0.855. The number of hydrogen-bond donors (Lipinski definition) is 19. The van der Waals surface area contributed by atoms with Gasteiger partial charge in [0.25, 0.3) is 0 Å². The van der Waals surface area contributed by atoms with Crippen molar-refractivity contribution in [1.29, 1.82) is 0 Å². The number of likely N-dealkylation sites (N-methyl/N-ethyl adjacent to an activating group) is 1. The molecule has 15 amide bonds. The zero-order chi connectivity index (χ0) is 87.1. The van der Waals surface area contributed by atoms with Crippen molar-refractivity contribution in [1.82, 2.24) is 89.0 Å². The fourth-order valence-electron chi connectivity index (χ4n) is 17.9. The molecular weight excluding hydrogens is 1580 g/mol. The van der Waals surface area contributed by atoms with E-state index in [4.69, 9.17) is 16.2 Å². The molecule has 3 heterocycles. The molecule has 4 saturated carbocycles. The molecule has 2 aromatic heterocycles. The summed E-state index contributed by atoms with van der Waals surface area (Å²) < 4.78 is 7.02. The first-order valence-electron chi connectivity index (χ1n) is 41.0. The van der Waals surface area contributed by atoms with Crippen LogP contribution in [0.2, 0.25) is 0 Å². The second-order valence-corrected chi connectivity index (χ2v) is 35.5. The van der Waals surface area contributed by atoms with Crippen LogP contribution in [-0.2, 0) is 89.5 Å². The topological polar surface area (TPSA) is 562 Å². The van der Waals surface area contributed by atoms with Gasteiger partial charge >= 0.3 is 0 Å². The van der Waals surface area contributed by atoms with Gasteiger partial charge in [0.05, 0.1) is 56.8 Å². The Morgan fingerprint density at radius 3 is 1.96 bits per heavy atom. The number of aliphatic hydroxyl groups excluding tert-OH is 2. The van der Waals surface area contributed by atoms with Crippen LogP contribution in [-0.4, -0.2) is 261 Å². The highest BCUT2D eigenvalue weighted by molar-refractivity contribution is 7.99. The minimum Gasteiger partial charge on any atom is -0.394 e. The van der Waals surface area contributed by atoms with Crippen molar-refractivity contribution in [2.75, 3.05) is 64.0 Å². The SMILES string of the molecule is CSCC[C@H](NC(=O)[C@H](CC(C)C)NC(=O)[C@H](Cc1cnc[nH]1)NC(=O)CNC(=O)[C@@H](NC(=O)[C@H](C)NC(=O)[C@H](Cc1c[nH]c2ccccc12)NC(=O)[C@H](CCC(N)=O)NC(=O)CCC1O[C@H]2CC3C4CC[C@H](NC(=O)CNC(=O)[C@H](CSCNC(C)=O)NC(=O)[C@H](CO)NC(=O)CN(C)C)CC4C[C@@H](O)C3C3CC[C@H]1[C@]32C)C(C)C)C(N)=O. The fraction of sp³-hybridized carbons (Fsp3) is 0.675. The number of aromatic nitrogens is 3. The molecule has 37 nitrogen and oxygen atoms in total. The van der Waals surface area contributed by atoms with E-state index >= 15 is 0 Å². The van der Waals surface area contributed by atoms with E-state index in [-0.39, 0.29) is 141 Å². The number of hydrogen-bond acceptors (Lipinski definition) is 22. The molecule has 1 saturated heterocycles. The van der Waals surface area contributed by atoms with Gasteiger partial charge in [0, 0.05) is 78.8 Å². The van der Waals surface area contributed by atoms with Crippen LogP contribution in [0.25, 0.3) is 10.9 Å². The number of nitrogens with zero attached hydrogens (tertiary/aromatic N) is 2. The number of nitrogens with two attached hydrogens (primary N) is 2. The zero-order valence-electron chi connectivity index (χ0n) is 69.5. The van der Waals surface area contributed by atoms with Gasteiger partial charge in [0.1, 0.15) is 54.4 Å². The normalized spacial score (nSPS) is 23.8. The molecule has 0 radical (unpaired) electrons. The molecule has 119 heavy (non-hydrogen) atoms. The summed E-state index contributed by atoms with van der Waals surface area (Å²) in [4.78, 5) is 214. The molecule has 0 spiro atoms. The zero-order valence-corrected chi connectivity index (χ0v) is 71.1. The molecule has 21 N–H and O–H groups in total. The van der Waals surface area contributed by atoms with Gasteiger partial charge in [-0.2, -0.15) is 11.8 Å². The van der Waals surface area contributed by atoms with E-state index in [1.54, 1.807) is 45.1 Å². The summed E-state index contributed by atoms with van der Waals surface area (Å²) in [7, 11) is 3.32. The first-order chi connectivity index (χ1) is 56.5. The van der Waals surface area contributed by atoms with Crippen molar-refractivity contribution < 1.29 is 86.9 Å². The van der Waals surface area contributed by atoms with Crippen molar-refractivity contribution in [3.8, 4) is 0 Å². The average molecular weight is 1700 g/mol. The number of benzene rings is 1. The van der Waals surface area contributed by atoms with Crippen LogP contribution >= 0.6 is 23.5 Å². The maximum atomic E-state index is 14.7. The molecule has 0 bridgehead atoms. The summed E-state index contributed by atoms with van der Waals surface area (Å²) in [5.74, 6) is -9.75. The molecule has 39 heteroatoms. The van der Waals surface area contributed by atoms with E-state index in [0.717, 1.165) is 41.9 Å². The van der Waals surface area contributed by atoms with E-state index in [9.17, 15) is 82.1 Å². The number of primary amides is 2. The molecule has 3 aromatic rings. The van der Waals surface area contributed by atoms with Gasteiger partial charge in [-0.25, -0.2) is 4.98 Å². The summed E-state index contributed by atoms with van der Waals surface area (Å²) in [6.07, 6.45) is 9.98. The third kappa shape index (κ3) is 26.8. The molecule has 5 aliphatic rings. The lowest BCUT2D eigenvalue weighted by Gasteiger charge is -2.58. The summed E-state index contributed by atoms with van der Waals surface area (Å²) in [6.45, 7) is 10.0. The Morgan fingerprint density at radius 1 is 0.647 bits per heavy atom. The first-order valence-corrected chi connectivity index (χ1v) is 43.6. The quantitative estimate of drug-likeness (QED) is 0.0210. The highest BCUT2D eigenvalue weighted by Crippen LogP contribution is 2.68. The highest BCUT2D eigenvalue weighted by atomic mass is 32.2. The lowest BCUT2D eigenvalue weighted by atomic mass is 9.48. The van der Waals surface area contributed by atoms with Crippen LogP contribution in [0.1, 0.15) is 143 Å². The first kappa shape index (κ1) is 95.0. The Bertz CT molecular complexity index is 4060. The predicted octanol–water partition coefficient (Wildman–Crippen LogP) is -2.24. The van der Waals surface area contributed by atoms with Gasteiger partial charge in [0.2, 0.25) is 88.6 Å². The summed E-state index contributed by atoms with van der Waals surface area (Å²) in [6, 6.07) is -4.42. The lowest BCUT2D eigenvalue weighted by Crippen LogP contribution is -2.59. The van der Waals surface area contributed by atoms with Crippen LogP contribution in [0.3, 0.4) is 0 Å². The third-order valence-electron chi connectivity index (χ3n) is 23.7. The summed E-state index contributed by atoms with van der Waals surface area (Å²) in [5.41, 5.74) is 12.7. The number of rotatable bonds is 46. The number of H-pyrrole nitrogens is 2. The van der Waals surface area contributed by atoms with E-state index < -0.39 is 169 Å². The maximum absolute atomic E-state index is 14.7. The average Bonchev–Trinajstić information content (AvgIpc) is 1.54. The summed E-state index contributed by atoms with van der Waals surface area (Å²) in [5, 5.41) is 57.6.